The van der Waals surface area contributed by atoms with Crippen LogP contribution in [0.3, 0.4) is 0 Å². The molecule has 2 aliphatic heterocycles. The van der Waals surface area contributed by atoms with E-state index in [2.05, 4.69) is 22.0 Å². The number of ketones is 1. The Labute approximate surface area is 180 Å². The van der Waals surface area contributed by atoms with Crippen molar-refractivity contribution in [2.75, 3.05) is 20.4 Å². The maximum atomic E-state index is 12.9. The molecule has 0 fully saturated rings. The third kappa shape index (κ3) is 3.90. The number of carbonyl (C=O) groups excluding carboxylic acids is 1. The Kier molecular flexibility index (Phi) is 5.14. The molecule has 2 aromatic carbocycles. The van der Waals surface area contributed by atoms with Gasteiger partial charge in [0, 0.05) is 25.5 Å². The summed E-state index contributed by atoms with van der Waals surface area (Å²) in [6.07, 6.45) is 6.02. The number of aromatic nitrogens is 1. The Morgan fingerprint density at radius 1 is 1.16 bits per heavy atom. The highest BCUT2D eigenvalue weighted by Crippen LogP contribution is 2.42. The van der Waals surface area contributed by atoms with Crippen molar-refractivity contribution in [2.24, 2.45) is 0 Å². The molecule has 0 radical (unpaired) electrons. The van der Waals surface area contributed by atoms with Gasteiger partial charge in [-0.25, -0.2) is 0 Å². The van der Waals surface area contributed by atoms with Crippen molar-refractivity contribution in [2.45, 2.75) is 13.0 Å². The summed E-state index contributed by atoms with van der Waals surface area (Å²) < 4.78 is 17.2. The second-order valence-corrected chi connectivity index (χ2v) is 7.57. The van der Waals surface area contributed by atoms with Crippen molar-refractivity contribution >= 4 is 11.9 Å². The number of carbonyl (C=O) groups is 1. The predicted octanol–water partition coefficient (Wildman–Crippen LogP) is 4.10. The van der Waals surface area contributed by atoms with E-state index < -0.39 is 0 Å². The van der Waals surface area contributed by atoms with Crippen molar-refractivity contribution in [1.82, 2.24) is 9.88 Å². The molecule has 0 amide bonds. The van der Waals surface area contributed by atoms with Crippen molar-refractivity contribution in [1.29, 1.82) is 0 Å². The first kappa shape index (κ1) is 19.3. The zero-order valence-corrected chi connectivity index (χ0v) is 17.2. The number of Topliss-reactive ketones (excluding diaryl/α,β-unsaturated/α-hetero) is 1. The van der Waals surface area contributed by atoms with Crippen LogP contribution < -0.4 is 14.2 Å². The van der Waals surface area contributed by atoms with E-state index in [0.717, 1.165) is 35.6 Å². The fraction of sp³-hybridized carbons (Fsp3) is 0.200. The average Bonchev–Trinajstić information content (AvgIpc) is 3.14. The molecular formula is C25H22N2O4. The summed E-state index contributed by atoms with van der Waals surface area (Å²) in [5, 5.41) is 0. The number of hydrogen-bond acceptors (Lipinski definition) is 6. The molecule has 0 saturated heterocycles. The van der Waals surface area contributed by atoms with Crippen LogP contribution in [0.5, 0.6) is 17.2 Å². The van der Waals surface area contributed by atoms with Gasteiger partial charge in [-0.3, -0.25) is 14.7 Å². The predicted molar refractivity (Wildman–Crippen MR) is 116 cm³/mol. The van der Waals surface area contributed by atoms with Gasteiger partial charge in [0.1, 0.15) is 24.0 Å². The number of fused-ring (bicyclic) bond motifs is 3. The molecule has 0 saturated carbocycles. The van der Waals surface area contributed by atoms with Crippen LogP contribution in [-0.2, 0) is 13.0 Å². The molecule has 0 atom stereocenters. The third-order valence-corrected chi connectivity index (χ3v) is 5.54. The van der Waals surface area contributed by atoms with Gasteiger partial charge in [-0.2, -0.15) is 0 Å². The van der Waals surface area contributed by atoms with E-state index in [9.17, 15) is 4.79 Å². The molecule has 0 N–H and O–H groups in total. The highest BCUT2D eigenvalue weighted by atomic mass is 16.5. The van der Waals surface area contributed by atoms with Gasteiger partial charge in [0.25, 0.3) is 0 Å². The van der Waals surface area contributed by atoms with Crippen LogP contribution in [0.15, 0.2) is 66.7 Å². The number of hydrogen-bond donors (Lipinski definition) is 0. The lowest BCUT2D eigenvalue weighted by Crippen LogP contribution is -2.33. The molecule has 0 unspecified atom stereocenters. The molecule has 31 heavy (non-hydrogen) atoms. The minimum atomic E-state index is -0.114. The minimum Gasteiger partial charge on any atom is -0.497 e. The molecule has 0 aliphatic carbocycles. The van der Waals surface area contributed by atoms with Crippen LogP contribution in [0.4, 0.5) is 0 Å². The summed E-state index contributed by atoms with van der Waals surface area (Å²) in [6, 6.07) is 15.5. The van der Waals surface area contributed by atoms with Crippen LogP contribution in [0, 0.1) is 0 Å². The third-order valence-electron chi connectivity index (χ3n) is 5.54. The first-order valence-corrected chi connectivity index (χ1v) is 10.2. The summed E-state index contributed by atoms with van der Waals surface area (Å²) in [4.78, 5) is 19.2. The SMILES string of the molecule is COc1ccc(CCN2COc3ccc4c(c3C2)OC(=Cc2cccnc2)C4=O)cc1. The van der Waals surface area contributed by atoms with Crippen LogP contribution >= 0.6 is 0 Å². The normalized spacial score (nSPS) is 16.4. The summed E-state index contributed by atoms with van der Waals surface area (Å²) in [5.74, 6) is 2.43. The Morgan fingerprint density at radius 3 is 2.81 bits per heavy atom. The van der Waals surface area contributed by atoms with Gasteiger partial charge in [-0.15, -0.1) is 0 Å². The van der Waals surface area contributed by atoms with Crippen molar-refractivity contribution < 1.29 is 19.0 Å². The monoisotopic (exact) mass is 414 g/mol. The molecule has 6 nitrogen and oxygen atoms in total. The standard InChI is InChI=1S/C25H22N2O4/c1-29-19-6-4-17(5-7-19)10-12-27-15-21-22(30-16-27)9-8-20-24(28)23(31-25(20)21)13-18-3-2-11-26-14-18/h2-9,11,13-14H,10,12,15-16H2,1H3. The van der Waals surface area contributed by atoms with Crippen LogP contribution in [0.25, 0.3) is 6.08 Å². The van der Waals surface area contributed by atoms with Crippen molar-refractivity contribution in [3.63, 3.8) is 0 Å². The highest BCUT2D eigenvalue weighted by molar-refractivity contribution is 6.15. The Balaban J connectivity index is 1.33. The summed E-state index contributed by atoms with van der Waals surface area (Å²) in [7, 11) is 1.67. The van der Waals surface area contributed by atoms with E-state index >= 15 is 0 Å². The van der Waals surface area contributed by atoms with Crippen molar-refractivity contribution in [3.05, 3.63) is 88.9 Å². The summed E-state index contributed by atoms with van der Waals surface area (Å²) in [5.41, 5.74) is 3.55. The van der Waals surface area contributed by atoms with Gasteiger partial charge in [0.05, 0.1) is 18.2 Å². The lowest BCUT2D eigenvalue weighted by molar-refractivity contribution is 0.0949. The number of allylic oxidation sites excluding steroid dienone is 1. The van der Waals surface area contributed by atoms with E-state index in [1.165, 1.54) is 5.56 Å². The molecular weight excluding hydrogens is 392 g/mol. The van der Waals surface area contributed by atoms with Gasteiger partial charge in [0.15, 0.2) is 5.76 Å². The Morgan fingerprint density at radius 2 is 2.03 bits per heavy atom. The van der Waals surface area contributed by atoms with Gasteiger partial charge in [-0.05, 0) is 54.0 Å². The molecule has 2 aliphatic rings. The number of benzene rings is 2. The minimum absolute atomic E-state index is 0.114. The number of pyridine rings is 1. The second-order valence-electron chi connectivity index (χ2n) is 7.57. The van der Waals surface area contributed by atoms with Gasteiger partial charge >= 0.3 is 0 Å². The fourth-order valence-corrected chi connectivity index (χ4v) is 3.84. The van der Waals surface area contributed by atoms with E-state index in [1.54, 1.807) is 31.6 Å². The quantitative estimate of drug-likeness (QED) is 0.586. The number of methoxy groups -OCH3 is 1. The molecule has 1 aromatic heterocycles. The largest absolute Gasteiger partial charge is 0.497 e. The van der Waals surface area contributed by atoms with Crippen LogP contribution in [-0.4, -0.2) is 36.1 Å². The highest BCUT2D eigenvalue weighted by Gasteiger charge is 2.33. The van der Waals surface area contributed by atoms with Crippen LogP contribution in [0.2, 0.25) is 0 Å². The number of rotatable bonds is 5. The molecule has 3 heterocycles. The van der Waals surface area contributed by atoms with Gasteiger partial charge < -0.3 is 14.2 Å². The average molecular weight is 414 g/mol. The fourth-order valence-electron chi connectivity index (χ4n) is 3.84. The van der Waals surface area contributed by atoms with Gasteiger partial charge in [-0.1, -0.05) is 18.2 Å². The Bertz CT molecular complexity index is 1140. The maximum Gasteiger partial charge on any atom is 0.231 e. The summed E-state index contributed by atoms with van der Waals surface area (Å²) >= 11 is 0. The zero-order chi connectivity index (χ0) is 21.2. The summed E-state index contributed by atoms with van der Waals surface area (Å²) in [6.45, 7) is 2.01. The molecule has 6 heteroatoms. The smallest absolute Gasteiger partial charge is 0.231 e. The van der Waals surface area contributed by atoms with E-state index in [1.807, 2.05) is 30.3 Å². The number of nitrogens with zero attached hydrogens (tertiary/aromatic N) is 2. The lowest BCUT2D eigenvalue weighted by Gasteiger charge is -2.29. The topological polar surface area (TPSA) is 60.9 Å². The molecule has 5 rings (SSSR count). The zero-order valence-electron chi connectivity index (χ0n) is 17.2. The van der Waals surface area contributed by atoms with Crippen molar-refractivity contribution in [3.8, 4) is 17.2 Å². The number of ether oxygens (including phenoxy) is 3. The maximum absolute atomic E-state index is 12.9. The molecule has 3 aromatic rings. The lowest BCUT2D eigenvalue weighted by atomic mass is 10.0. The van der Waals surface area contributed by atoms with E-state index in [4.69, 9.17) is 14.2 Å². The first-order valence-electron chi connectivity index (χ1n) is 10.2. The van der Waals surface area contributed by atoms with Gasteiger partial charge in [0.2, 0.25) is 5.78 Å². The Hall–Kier alpha value is -3.64. The second kappa shape index (κ2) is 8.24. The molecule has 156 valence electrons. The van der Waals surface area contributed by atoms with E-state index in [-0.39, 0.29) is 5.78 Å². The first-order chi connectivity index (χ1) is 15.2. The van der Waals surface area contributed by atoms with E-state index in [0.29, 0.717) is 30.3 Å². The van der Waals surface area contributed by atoms with Crippen LogP contribution in [0.1, 0.15) is 27.0 Å². The molecule has 0 spiro atoms. The molecule has 0 bridgehead atoms.